The molecule has 16 atom stereocenters. The molecule has 0 bridgehead atoms. The van der Waals surface area contributed by atoms with Crippen molar-refractivity contribution in [2.75, 3.05) is 13.1 Å². The number of nitrogens with one attached hydrogen (secondary N) is 2. The highest BCUT2D eigenvalue weighted by Gasteiger charge is 2.47. The van der Waals surface area contributed by atoms with Crippen molar-refractivity contribution in [1.82, 2.24) is 10.6 Å². The summed E-state index contributed by atoms with van der Waals surface area (Å²) in [6.45, 7) is 17.5. The fourth-order valence-electron chi connectivity index (χ4n) is 11.0. The van der Waals surface area contributed by atoms with Gasteiger partial charge in [0.25, 0.3) is 0 Å². The van der Waals surface area contributed by atoms with Crippen LogP contribution in [0.3, 0.4) is 0 Å². The first-order chi connectivity index (χ1) is 48.8. The molecule has 0 radical (unpaired) electrons. The number of esters is 9. The van der Waals surface area contributed by atoms with E-state index in [0.717, 1.165) is 38.7 Å². The largest absolute Gasteiger partial charge is 0.479 e. The van der Waals surface area contributed by atoms with Gasteiger partial charge in [-0.05, 0) is 143 Å². The van der Waals surface area contributed by atoms with Crippen LogP contribution in [0.4, 0.5) is 0 Å². The summed E-state index contributed by atoms with van der Waals surface area (Å²) in [5.74, 6) is -9.52. The Labute approximate surface area is 611 Å². The Hall–Kier alpha value is -9.08. The van der Waals surface area contributed by atoms with Crippen LogP contribution in [-0.2, 0) is 113 Å². The van der Waals surface area contributed by atoms with Gasteiger partial charge in [-0.3, -0.25) is 28.8 Å². The van der Waals surface area contributed by atoms with Gasteiger partial charge in [0.15, 0.2) is 36.6 Å². The number of aliphatic carboxylic acids is 1. The van der Waals surface area contributed by atoms with E-state index in [0.29, 0.717) is 77.3 Å². The number of carbonyl (C=O) groups excluding carboxylic acids is 11. The van der Waals surface area contributed by atoms with Crippen molar-refractivity contribution in [3.8, 4) is 0 Å². The summed E-state index contributed by atoms with van der Waals surface area (Å²) in [4.78, 5) is 141. The number of unbranched alkanes of at least 4 members (excludes halogenated alkanes) is 2. The molecule has 0 aliphatic heterocycles. The third kappa shape index (κ3) is 38.4. The van der Waals surface area contributed by atoms with Gasteiger partial charge >= 0.3 is 59.7 Å². The second-order valence-electron chi connectivity index (χ2n) is 25.0. The maximum Gasteiger partial charge on any atom is 0.347 e. The Kier molecular flexibility index (Phi) is 45.7. The molecular formula is C77H112N2O25. The predicted octanol–water partition coefficient (Wildman–Crippen LogP) is 8.32. The van der Waals surface area contributed by atoms with Crippen molar-refractivity contribution in [2.45, 2.75) is 254 Å². The van der Waals surface area contributed by atoms with E-state index >= 15 is 0 Å². The molecule has 0 unspecified atom stereocenters. The molecule has 2 amide bonds. The Morgan fingerprint density at radius 3 is 1.31 bits per heavy atom. The van der Waals surface area contributed by atoms with Crippen molar-refractivity contribution in [1.29, 1.82) is 0 Å². The molecular weight excluding hydrogens is 1350 g/mol. The SMILES string of the molecule is C.CC(=O)O[C@@H](C)C(=O)O[C@@H](C)C(=O)O[C@@H](C)C(=O)O.CCNC(=O)CCC/C=C\C[C@@H]1[C@@H](/C=C/[C@@H](O)CCc2ccccc2)[C@H](O)C[C@@H]1O.CCNC(=O)CCC/C=C\C[C@@H]1[C@@H](/C=C/[C@H](CCc2ccccc2)OC(=O)[C@H](C)OC(C)=O)[C@H](OC(=O)[C@H](C)OC(C)=O)C[C@@H]1OC(=O)[C@H](C)OC(C)=O. The number of ether oxygens (including phenoxy) is 9. The van der Waals surface area contributed by atoms with Gasteiger partial charge in [0, 0.05) is 84.2 Å². The van der Waals surface area contributed by atoms with E-state index in [2.05, 4.69) is 24.8 Å². The molecule has 0 spiro atoms. The van der Waals surface area contributed by atoms with Crippen LogP contribution < -0.4 is 10.6 Å². The molecule has 27 heteroatoms. The monoisotopic (exact) mass is 1460 g/mol. The van der Waals surface area contributed by atoms with Gasteiger partial charge < -0.3 is 73.7 Å². The number of allylic oxidation sites excluding steroid dienone is 4. The average molecular weight is 1470 g/mol. The lowest BCUT2D eigenvalue weighted by Gasteiger charge is -2.25. The molecule has 0 aromatic heterocycles. The standard InChI is InChI=1S/C40H55NO13.C25H37NO4.C11H16O8.CH4/c1-8-41-37(45)19-15-10-9-14-18-33-34(23-22-32(21-20-31-16-12-11-13-17-31)52-38(46)25(2)49-28(5)42)36(54-40(48)27(4)51-30(7)44)24-35(33)53-39(47)26(3)50-29(6)43;1-2-26-25(30)13-9-4-3-8-12-21-22(24(29)18-23(21)28)17-16-20(27)15-14-19-10-6-5-7-11-19;1-5(9(13)14)18-11(16)7(3)19-10(15)6(2)17-8(4)12;/h9,11-14,16-17,22-23,25-27,32-36H,8,10,15,18-21,24H2,1-7H3,(H,41,45);3,5-8,10-11,16-17,20-24,27-29H,2,4,9,12-15,18H2,1H3,(H,26,30);5-7H,1-4H3,(H,13,14);1H4/b14-9-,23-22+;8-3-,17-16+;;/t25-,26-,27-,32-,33+,34+,35-,36+;20-,21+,22+,23-,24+;5-,6-,7-;/m000./s1. The number of benzene rings is 2. The van der Waals surface area contributed by atoms with Crippen molar-refractivity contribution in [3.05, 3.63) is 120 Å². The zero-order valence-corrected chi connectivity index (χ0v) is 61.3. The third-order valence-electron chi connectivity index (χ3n) is 16.2. The normalized spacial score (nSPS) is 20.5. The molecule has 2 aliphatic carbocycles. The van der Waals surface area contributed by atoms with Crippen LogP contribution in [0.5, 0.6) is 0 Å². The molecule has 2 aliphatic rings. The Balaban J connectivity index is 0.000000900. The third-order valence-corrected chi connectivity index (χ3v) is 16.2. The molecule has 2 fully saturated rings. The Bertz CT molecular complexity index is 3110. The van der Waals surface area contributed by atoms with Crippen LogP contribution in [0.1, 0.15) is 179 Å². The summed E-state index contributed by atoms with van der Waals surface area (Å²) in [5, 5.41) is 45.1. The zero-order chi connectivity index (χ0) is 77.1. The van der Waals surface area contributed by atoms with Crippen LogP contribution >= 0.6 is 0 Å². The quantitative estimate of drug-likeness (QED) is 0.0158. The summed E-state index contributed by atoms with van der Waals surface area (Å²) in [7, 11) is 0. The van der Waals surface area contributed by atoms with Gasteiger partial charge in [-0.25, -0.2) is 28.8 Å². The van der Waals surface area contributed by atoms with Crippen molar-refractivity contribution in [3.63, 3.8) is 0 Å². The van der Waals surface area contributed by atoms with Crippen molar-refractivity contribution in [2.24, 2.45) is 23.7 Å². The van der Waals surface area contributed by atoms with Gasteiger partial charge in [-0.15, -0.1) is 0 Å². The predicted molar refractivity (Wildman–Crippen MR) is 382 cm³/mol. The van der Waals surface area contributed by atoms with E-state index in [1.165, 1.54) is 61.0 Å². The molecule has 2 aromatic rings. The summed E-state index contributed by atoms with van der Waals surface area (Å²) in [6, 6.07) is 19.6. The summed E-state index contributed by atoms with van der Waals surface area (Å²) >= 11 is 0. The van der Waals surface area contributed by atoms with Gasteiger partial charge in [0.1, 0.15) is 18.3 Å². The molecule has 0 heterocycles. The van der Waals surface area contributed by atoms with E-state index in [-0.39, 0.29) is 37.5 Å². The first kappa shape index (κ1) is 92.9. The van der Waals surface area contributed by atoms with E-state index in [1.54, 1.807) is 18.2 Å². The number of amides is 2. The van der Waals surface area contributed by atoms with E-state index in [9.17, 15) is 72.9 Å². The number of carbonyl (C=O) groups is 12. The molecule has 2 aromatic carbocycles. The van der Waals surface area contributed by atoms with Crippen LogP contribution in [0.25, 0.3) is 0 Å². The first-order valence-corrected chi connectivity index (χ1v) is 35.0. The van der Waals surface area contributed by atoms with Crippen LogP contribution in [0, 0.1) is 23.7 Å². The molecule has 4 rings (SSSR count). The number of aliphatic hydroxyl groups is 3. The van der Waals surface area contributed by atoms with Crippen molar-refractivity contribution < 1.29 is 121 Å². The summed E-state index contributed by atoms with van der Waals surface area (Å²) < 4.78 is 46.4. The number of carboxylic acids is 1. The number of hydrogen-bond acceptors (Lipinski definition) is 24. The second-order valence-corrected chi connectivity index (χ2v) is 25.0. The number of aliphatic hydroxyl groups excluding tert-OH is 3. The van der Waals surface area contributed by atoms with E-state index in [1.807, 2.05) is 105 Å². The van der Waals surface area contributed by atoms with Crippen molar-refractivity contribution >= 4 is 71.5 Å². The number of hydrogen-bond donors (Lipinski definition) is 6. The van der Waals surface area contributed by atoms with Gasteiger partial charge in [0.2, 0.25) is 11.8 Å². The number of aryl methyl sites for hydroxylation is 2. The second kappa shape index (κ2) is 51.1. The van der Waals surface area contributed by atoms with Crippen LogP contribution in [-0.4, -0.2) is 178 Å². The Morgan fingerprint density at radius 1 is 0.471 bits per heavy atom. The highest BCUT2D eigenvalue weighted by atomic mass is 16.6. The molecule has 2 saturated carbocycles. The lowest BCUT2D eigenvalue weighted by atomic mass is 9.89. The minimum Gasteiger partial charge on any atom is -0.479 e. The van der Waals surface area contributed by atoms with E-state index < -0.39 is 145 Å². The molecule has 0 saturated heterocycles. The maximum atomic E-state index is 13.1. The molecule has 104 heavy (non-hydrogen) atoms. The molecule has 580 valence electrons. The number of rotatable bonds is 39. The fraction of sp³-hybridized carbons (Fsp3) is 0.584. The van der Waals surface area contributed by atoms with Gasteiger partial charge in [-0.1, -0.05) is 111 Å². The Morgan fingerprint density at radius 2 is 0.865 bits per heavy atom. The molecule has 6 N–H and O–H groups in total. The summed E-state index contributed by atoms with van der Waals surface area (Å²) in [5.41, 5.74) is 2.19. The van der Waals surface area contributed by atoms with Gasteiger partial charge in [0.05, 0.1) is 18.3 Å². The smallest absolute Gasteiger partial charge is 0.347 e. The molecule has 27 nitrogen and oxygen atoms in total. The van der Waals surface area contributed by atoms with Gasteiger partial charge in [-0.2, -0.15) is 0 Å². The van der Waals surface area contributed by atoms with Crippen LogP contribution in [0.15, 0.2) is 109 Å². The number of carboxylic acid groups (broad SMARTS) is 1. The van der Waals surface area contributed by atoms with Crippen LogP contribution in [0.2, 0.25) is 0 Å². The highest BCUT2D eigenvalue weighted by Crippen LogP contribution is 2.41. The average Bonchev–Trinajstić information content (AvgIpc) is 1.66. The highest BCUT2D eigenvalue weighted by molar-refractivity contribution is 5.84. The lowest BCUT2D eigenvalue weighted by molar-refractivity contribution is -0.180. The van der Waals surface area contributed by atoms with E-state index in [4.69, 9.17) is 33.5 Å². The minimum atomic E-state index is -1.35. The maximum absolute atomic E-state index is 13.1. The topological polar surface area (TPSA) is 393 Å². The first-order valence-electron chi connectivity index (χ1n) is 35.0. The lowest BCUT2D eigenvalue weighted by Crippen LogP contribution is -2.35. The minimum absolute atomic E-state index is 0. The zero-order valence-electron chi connectivity index (χ0n) is 61.3. The summed E-state index contributed by atoms with van der Waals surface area (Å²) in [6.07, 6.45) is 10.9. The fourth-order valence-corrected chi connectivity index (χ4v) is 11.0.